The third-order valence-electron chi connectivity index (χ3n) is 4.11. The van der Waals surface area contributed by atoms with Crippen LogP contribution in [0.25, 0.3) is 0 Å². The molecule has 0 bridgehead atoms. The highest BCUT2D eigenvalue weighted by atomic mass is 16.6. The molecule has 4 heteroatoms. The minimum Gasteiger partial charge on any atom is -0.368 e. The molecule has 1 rings (SSSR count). The van der Waals surface area contributed by atoms with Crippen molar-refractivity contribution in [2.45, 2.75) is 45.8 Å². The zero-order valence-corrected chi connectivity index (χ0v) is 13.0. The zero-order chi connectivity index (χ0) is 14.1. The molecular formula is C15H32N2O2. The van der Waals surface area contributed by atoms with Gasteiger partial charge >= 0.3 is 0 Å². The van der Waals surface area contributed by atoms with Crippen LogP contribution in [0.1, 0.15) is 39.5 Å². The van der Waals surface area contributed by atoms with E-state index >= 15 is 0 Å². The first-order valence-electron chi connectivity index (χ1n) is 7.86. The largest absolute Gasteiger partial charge is 0.368 e. The summed E-state index contributed by atoms with van der Waals surface area (Å²) in [6.45, 7) is 10.8. The highest BCUT2D eigenvalue weighted by Gasteiger charge is 2.17. The van der Waals surface area contributed by atoms with E-state index in [-0.39, 0.29) is 0 Å². The van der Waals surface area contributed by atoms with Crippen molar-refractivity contribution in [3.05, 3.63) is 0 Å². The molecule has 1 fully saturated rings. The van der Waals surface area contributed by atoms with E-state index in [2.05, 4.69) is 23.8 Å². The Labute approximate surface area is 118 Å². The molecule has 1 aliphatic rings. The number of piperazine rings is 1. The van der Waals surface area contributed by atoms with E-state index < -0.39 is 6.29 Å². The van der Waals surface area contributed by atoms with Crippen molar-refractivity contribution < 1.29 is 9.84 Å². The Hall–Kier alpha value is -0.160. The van der Waals surface area contributed by atoms with Crippen LogP contribution in [-0.2, 0) is 4.74 Å². The highest BCUT2D eigenvalue weighted by molar-refractivity contribution is 4.72. The van der Waals surface area contributed by atoms with Gasteiger partial charge in [-0.3, -0.25) is 0 Å². The van der Waals surface area contributed by atoms with Gasteiger partial charge in [0.25, 0.3) is 0 Å². The van der Waals surface area contributed by atoms with Gasteiger partial charge < -0.3 is 19.6 Å². The normalized spacial score (nSPS) is 21.5. The Morgan fingerprint density at radius 1 is 1.11 bits per heavy atom. The molecule has 114 valence electrons. The summed E-state index contributed by atoms with van der Waals surface area (Å²) >= 11 is 0. The molecule has 1 aliphatic heterocycles. The second kappa shape index (κ2) is 9.70. The Bertz CT molecular complexity index is 218. The molecule has 0 radical (unpaired) electrons. The lowest BCUT2D eigenvalue weighted by Crippen LogP contribution is -2.46. The van der Waals surface area contributed by atoms with Crippen molar-refractivity contribution in [1.82, 2.24) is 9.80 Å². The number of hydrogen-bond acceptors (Lipinski definition) is 4. The van der Waals surface area contributed by atoms with Crippen LogP contribution in [-0.4, -0.2) is 67.6 Å². The predicted octanol–water partition coefficient (Wildman–Crippen LogP) is 1.79. The van der Waals surface area contributed by atoms with Gasteiger partial charge in [0.1, 0.15) is 0 Å². The van der Waals surface area contributed by atoms with Gasteiger partial charge in [-0.05, 0) is 39.2 Å². The average molecular weight is 272 g/mol. The monoisotopic (exact) mass is 272 g/mol. The van der Waals surface area contributed by atoms with Gasteiger partial charge in [0.05, 0.1) is 0 Å². The maximum atomic E-state index is 9.55. The summed E-state index contributed by atoms with van der Waals surface area (Å²) in [7, 11) is 2.20. The van der Waals surface area contributed by atoms with Gasteiger partial charge in [-0.2, -0.15) is 0 Å². The van der Waals surface area contributed by atoms with Gasteiger partial charge in [0.2, 0.25) is 0 Å². The second-order valence-electron chi connectivity index (χ2n) is 5.72. The van der Waals surface area contributed by atoms with Gasteiger partial charge in [-0.1, -0.05) is 13.3 Å². The molecule has 4 nitrogen and oxygen atoms in total. The first-order valence-corrected chi connectivity index (χ1v) is 7.86. The van der Waals surface area contributed by atoms with E-state index in [1.54, 1.807) is 0 Å². The van der Waals surface area contributed by atoms with E-state index in [1.807, 2.05) is 6.92 Å². The lowest BCUT2D eigenvalue weighted by atomic mass is 9.98. The fourth-order valence-electron chi connectivity index (χ4n) is 2.68. The molecule has 0 saturated carbocycles. The smallest absolute Gasteiger partial charge is 0.154 e. The fraction of sp³-hybridized carbons (Fsp3) is 1.00. The van der Waals surface area contributed by atoms with E-state index in [4.69, 9.17) is 4.74 Å². The van der Waals surface area contributed by atoms with Crippen LogP contribution in [0.3, 0.4) is 0 Å². The molecule has 2 atom stereocenters. The number of aliphatic hydroxyl groups is 1. The molecule has 19 heavy (non-hydrogen) atoms. The lowest BCUT2D eigenvalue weighted by molar-refractivity contribution is -0.0998. The maximum absolute atomic E-state index is 9.55. The second-order valence-corrected chi connectivity index (χ2v) is 5.72. The van der Waals surface area contributed by atoms with Crippen LogP contribution in [0.5, 0.6) is 0 Å². The SMILES string of the molecule is CCOC(O)CCCC(CC)CN1CCN(C)CC1. The number of hydrogen-bond donors (Lipinski definition) is 1. The Kier molecular flexibility index (Phi) is 8.62. The van der Waals surface area contributed by atoms with Crippen LogP contribution in [0.4, 0.5) is 0 Å². The first-order chi connectivity index (χ1) is 9.15. The number of likely N-dealkylation sites (N-methyl/N-ethyl adjacent to an activating group) is 1. The third kappa shape index (κ3) is 7.25. The van der Waals surface area contributed by atoms with E-state index in [1.165, 1.54) is 45.6 Å². The molecule has 2 unspecified atom stereocenters. The molecule has 0 aromatic carbocycles. The van der Waals surface area contributed by atoms with Crippen LogP contribution in [0, 0.1) is 5.92 Å². The van der Waals surface area contributed by atoms with Crippen LogP contribution < -0.4 is 0 Å². The summed E-state index contributed by atoms with van der Waals surface area (Å²) in [5.41, 5.74) is 0. The summed E-state index contributed by atoms with van der Waals surface area (Å²) in [6.07, 6.45) is 3.70. The van der Waals surface area contributed by atoms with E-state index in [0.717, 1.165) is 18.8 Å². The number of ether oxygens (including phenoxy) is 1. The topological polar surface area (TPSA) is 35.9 Å². The molecule has 1 saturated heterocycles. The minimum absolute atomic E-state index is 0.564. The minimum atomic E-state index is -0.564. The van der Waals surface area contributed by atoms with Crippen LogP contribution in [0.15, 0.2) is 0 Å². The molecular weight excluding hydrogens is 240 g/mol. The van der Waals surface area contributed by atoms with Crippen LogP contribution >= 0.6 is 0 Å². The van der Waals surface area contributed by atoms with Gasteiger partial charge in [0.15, 0.2) is 6.29 Å². The maximum Gasteiger partial charge on any atom is 0.154 e. The predicted molar refractivity (Wildman–Crippen MR) is 79.2 cm³/mol. The average Bonchev–Trinajstić information content (AvgIpc) is 2.40. The Morgan fingerprint density at radius 2 is 1.79 bits per heavy atom. The van der Waals surface area contributed by atoms with Crippen molar-refractivity contribution in [2.75, 3.05) is 46.4 Å². The molecule has 1 N–H and O–H groups in total. The van der Waals surface area contributed by atoms with E-state index in [0.29, 0.717) is 6.61 Å². The molecule has 0 aliphatic carbocycles. The molecule has 0 spiro atoms. The van der Waals surface area contributed by atoms with Gasteiger partial charge in [-0.25, -0.2) is 0 Å². The Morgan fingerprint density at radius 3 is 2.37 bits per heavy atom. The quantitative estimate of drug-likeness (QED) is 0.649. The highest BCUT2D eigenvalue weighted by Crippen LogP contribution is 2.16. The summed E-state index contributed by atoms with van der Waals surface area (Å²) in [5, 5.41) is 9.55. The fourth-order valence-corrected chi connectivity index (χ4v) is 2.68. The number of rotatable bonds is 9. The summed E-state index contributed by atoms with van der Waals surface area (Å²) < 4.78 is 5.16. The molecule has 0 aromatic heterocycles. The van der Waals surface area contributed by atoms with Crippen molar-refractivity contribution in [3.8, 4) is 0 Å². The van der Waals surface area contributed by atoms with Gasteiger partial charge in [0, 0.05) is 39.3 Å². The standard InChI is InChI=1S/C15H32N2O2/c1-4-14(7-6-8-15(18)19-5-2)13-17-11-9-16(3)10-12-17/h14-15,18H,4-13H2,1-3H3. The van der Waals surface area contributed by atoms with Crippen molar-refractivity contribution in [1.29, 1.82) is 0 Å². The first kappa shape index (κ1) is 16.9. The number of aliphatic hydroxyl groups excluding tert-OH is 1. The number of nitrogens with zero attached hydrogens (tertiary/aromatic N) is 2. The van der Waals surface area contributed by atoms with Crippen molar-refractivity contribution in [3.63, 3.8) is 0 Å². The Balaban J connectivity index is 2.15. The summed E-state index contributed by atoms with van der Waals surface area (Å²) in [4.78, 5) is 4.99. The van der Waals surface area contributed by atoms with Crippen molar-refractivity contribution >= 4 is 0 Å². The molecule has 0 aromatic rings. The van der Waals surface area contributed by atoms with Crippen molar-refractivity contribution in [2.24, 2.45) is 5.92 Å². The zero-order valence-electron chi connectivity index (χ0n) is 13.0. The third-order valence-corrected chi connectivity index (χ3v) is 4.11. The van der Waals surface area contributed by atoms with E-state index in [9.17, 15) is 5.11 Å². The van der Waals surface area contributed by atoms with Gasteiger partial charge in [-0.15, -0.1) is 0 Å². The molecule has 0 amide bonds. The van der Waals surface area contributed by atoms with Crippen LogP contribution in [0.2, 0.25) is 0 Å². The lowest BCUT2D eigenvalue weighted by Gasteiger charge is -2.34. The molecule has 1 heterocycles. The summed E-state index contributed by atoms with van der Waals surface area (Å²) in [6, 6.07) is 0. The summed E-state index contributed by atoms with van der Waals surface area (Å²) in [5.74, 6) is 0.761.